The van der Waals surface area contributed by atoms with Gasteiger partial charge in [0.25, 0.3) is 0 Å². The van der Waals surface area contributed by atoms with Crippen molar-refractivity contribution in [2.24, 2.45) is 0 Å². The number of halogens is 1. The maximum Gasteiger partial charge on any atom is 0.237 e. The van der Waals surface area contributed by atoms with Crippen molar-refractivity contribution in [2.45, 2.75) is 63.6 Å². The Morgan fingerprint density at radius 3 is 2.73 bits per heavy atom. The molecule has 6 rings (SSSR count). The van der Waals surface area contributed by atoms with Crippen LogP contribution < -0.4 is 26.0 Å². The zero-order valence-electron chi connectivity index (χ0n) is 25.5. The number of ether oxygens (including phenoxy) is 2. The molecule has 0 bridgehead atoms. The topological polar surface area (TPSA) is 157 Å². The Balaban J connectivity index is 0.984. The molecule has 1 aromatic heterocycles. The number of hydrogen-bond donors (Lipinski definition) is 5. The van der Waals surface area contributed by atoms with E-state index in [-0.39, 0.29) is 43.5 Å². The standard InChI is InChI=1S/C30H43ClN8O6/c1-19(40)38-6-8-39(9-7-38)30-35-25(10-27(36-30)34-21-15-43-16-21)29(42)33-11-22(41)14-37-5-4-24-20(13-37)2-3-26(28(24)31)44-17-23-12-32-18-45-23/h2-3,12,18,21-22,25,27,30,34-36,41H,4-11,13-17H2,1H3,(H,33,42)/t22-,25?,27?,30?/m0/s1. The fourth-order valence-corrected chi connectivity index (χ4v) is 6.64. The summed E-state index contributed by atoms with van der Waals surface area (Å²) in [6, 6.07) is 3.68. The van der Waals surface area contributed by atoms with E-state index >= 15 is 0 Å². The molecule has 3 saturated heterocycles. The molecule has 0 radical (unpaired) electrons. The van der Waals surface area contributed by atoms with Crippen LogP contribution in [0.5, 0.6) is 5.75 Å². The van der Waals surface area contributed by atoms with Crippen molar-refractivity contribution >= 4 is 23.4 Å². The van der Waals surface area contributed by atoms with Crippen LogP contribution in [0.4, 0.5) is 0 Å². The number of nitrogens with one attached hydrogen (secondary N) is 4. The van der Waals surface area contributed by atoms with Crippen molar-refractivity contribution in [1.29, 1.82) is 0 Å². The molecule has 15 heteroatoms. The van der Waals surface area contributed by atoms with E-state index in [0.29, 0.717) is 75.4 Å². The van der Waals surface area contributed by atoms with E-state index in [4.69, 9.17) is 25.5 Å². The fourth-order valence-electron chi connectivity index (χ4n) is 6.30. The highest BCUT2D eigenvalue weighted by Crippen LogP contribution is 2.34. The zero-order chi connectivity index (χ0) is 31.3. The molecule has 4 aliphatic rings. The molecule has 5 heterocycles. The number of aliphatic hydroxyl groups excluding tert-OH is 1. The number of β-amino-alcohol motifs (C(OH)–C–C–N with tert-alkyl or cyclic N) is 1. The second-order valence-corrected chi connectivity index (χ2v) is 12.6. The lowest BCUT2D eigenvalue weighted by molar-refractivity contribution is -0.131. The molecule has 0 aliphatic carbocycles. The number of carbonyl (C=O) groups is 2. The quantitative estimate of drug-likeness (QED) is 0.213. The highest BCUT2D eigenvalue weighted by atomic mass is 35.5. The van der Waals surface area contributed by atoms with Gasteiger partial charge in [-0.05, 0) is 23.6 Å². The number of nitrogens with zero attached hydrogens (tertiary/aromatic N) is 4. The van der Waals surface area contributed by atoms with Crippen molar-refractivity contribution in [1.82, 2.24) is 41.0 Å². The van der Waals surface area contributed by atoms with E-state index < -0.39 is 12.1 Å². The molecule has 2 amide bonds. The van der Waals surface area contributed by atoms with Crippen LogP contribution in [-0.2, 0) is 33.9 Å². The lowest BCUT2D eigenvalue weighted by Crippen LogP contribution is -2.73. The molecule has 45 heavy (non-hydrogen) atoms. The van der Waals surface area contributed by atoms with Crippen molar-refractivity contribution in [3.63, 3.8) is 0 Å². The summed E-state index contributed by atoms with van der Waals surface area (Å²) >= 11 is 6.68. The van der Waals surface area contributed by atoms with Crippen molar-refractivity contribution in [3.8, 4) is 5.75 Å². The van der Waals surface area contributed by atoms with Gasteiger partial charge >= 0.3 is 0 Å². The number of carbonyl (C=O) groups excluding carboxylic acids is 2. The van der Waals surface area contributed by atoms with E-state index in [9.17, 15) is 14.7 Å². The summed E-state index contributed by atoms with van der Waals surface area (Å²) in [6.07, 6.45) is 3.23. The summed E-state index contributed by atoms with van der Waals surface area (Å²) in [5.41, 5.74) is 2.15. The van der Waals surface area contributed by atoms with Gasteiger partial charge in [-0.15, -0.1) is 0 Å². The summed E-state index contributed by atoms with van der Waals surface area (Å²) in [5, 5.41) is 25.0. The number of oxazole rings is 1. The Morgan fingerprint density at radius 1 is 1.20 bits per heavy atom. The van der Waals surface area contributed by atoms with E-state index in [1.54, 1.807) is 13.1 Å². The summed E-state index contributed by atoms with van der Waals surface area (Å²) in [5.74, 6) is 1.16. The van der Waals surface area contributed by atoms with Crippen LogP contribution in [0, 0.1) is 0 Å². The average Bonchev–Trinajstić information content (AvgIpc) is 3.55. The van der Waals surface area contributed by atoms with E-state index in [1.165, 1.54) is 6.39 Å². The van der Waals surface area contributed by atoms with Gasteiger partial charge in [-0.2, -0.15) is 0 Å². The third-order valence-corrected chi connectivity index (χ3v) is 9.33. The molecule has 3 unspecified atom stereocenters. The van der Waals surface area contributed by atoms with Gasteiger partial charge in [0.2, 0.25) is 11.8 Å². The third-order valence-electron chi connectivity index (χ3n) is 8.92. The number of hydrogen-bond acceptors (Lipinski definition) is 12. The number of piperazine rings is 1. The molecule has 4 aliphatic heterocycles. The number of rotatable bonds is 11. The van der Waals surface area contributed by atoms with E-state index in [0.717, 1.165) is 24.1 Å². The molecule has 0 saturated carbocycles. The van der Waals surface area contributed by atoms with Crippen molar-refractivity contribution < 1.29 is 28.6 Å². The molecular formula is C30H43ClN8O6. The van der Waals surface area contributed by atoms with Gasteiger partial charge in [-0.25, -0.2) is 4.98 Å². The van der Waals surface area contributed by atoms with Gasteiger partial charge in [0.15, 0.2) is 12.2 Å². The molecule has 2 aromatic rings. The zero-order valence-corrected chi connectivity index (χ0v) is 26.3. The van der Waals surface area contributed by atoms with Gasteiger partial charge in [0.1, 0.15) is 18.6 Å². The van der Waals surface area contributed by atoms with Crippen LogP contribution in [-0.4, -0.2) is 126 Å². The molecule has 3 fully saturated rings. The van der Waals surface area contributed by atoms with E-state index in [1.807, 2.05) is 17.0 Å². The van der Waals surface area contributed by atoms with Crippen LogP contribution in [0.1, 0.15) is 30.2 Å². The Bertz CT molecular complexity index is 1310. The van der Waals surface area contributed by atoms with Crippen LogP contribution in [0.15, 0.2) is 29.1 Å². The minimum absolute atomic E-state index is 0.0787. The Labute approximate surface area is 267 Å². The van der Waals surface area contributed by atoms with Gasteiger partial charge in [0, 0.05) is 65.7 Å². The van der Waals surface area contributed by atoms with Gasteiger partial charge in [0.05, 0.1) is 48.8 Å². The molecular weight excluding hydrogens is 604 g/mol. The molecule has 14 nitrogen and oxygen atoms in total. The first-order valence-corrected chi connectivity index (χ1v) is 16.0. The number of benzene rings is 1. The maximum absolute atomic E-state index is 13.4. The summed E-state index contributed by atoms with van der Waals surface area (Å²) in [7, 11) is 0. The fraction of sp³-hybridized carbons (Fsp3) is 0.633. The van der Waals surface area contributed by atoms with Crippen LogP contribution in [0.2, 0.25) is 5.02 Å². The highest BCUT2D eigenvalue weighted by Gasteiger charge is 2.37. The predicted octanol–water partition coefficient (Wildman–Crippen LogP) is -0.544. The Kier molecular flexibility index (Phi) is 10.5. The van der Waals surface area contributed by atoms with Crippen LogP contribution in [0.25, 0.3) is 0 Å². The lowest BCUT2D eigenvalue weighted by atomic mass is 9.99. The highest BCUT2D eigenvalue weighted by molar-refractivity contribution is 6.33. The number of aromatic nitrogens is 1. The maximum atomic E-state index is 13.4. The second-order valence-electron chi connectivity index (χ2n) is 12.2. The smallest absolute Gasteiger partial charge is 0.237 e. The van der Waals surface area contributed by atoms with Crippen LogP contribution >= 0.6 is 11.6 Å². The first kappa shape index (κ1) is 32.1. The monoisotopic (exact) mass is 646 g/mol. The first-order chi connectivity index (χ1) is 21.8. The number of amides is 2. The molecule has 5 N–H and O–H groups in total. The second kappa shape index (κ2) is 14.7. The Morgan fingerprint density at radius 2 is 2.02 bits per heavy atom. The summed E-state index contributed by atoms with van der Waals surface area (Å²) in [6.45, 7) is 7.83. The largest absolute Gasteiger partial charge is 0.484 e. The SMILES string of the molecule is CC(=O)N1CCN(C2NC(NC3COC3)CC(C(=O)NC[C@H](O)CN3CCc4c(ccc(OCc5cnco5)c4Cl)C3)N2)CC1. The molecule has 1 aromatic carbocycles. The van der Waals surface area contributed by atoms with Crippen molar-refractivity contribution in [2.75, 3.05) is 59.0 Å². The average molecular weight is 647 g/mol. The van der Waals surface area contributed by atoms with Crippen molar-refractivity contribution in [3.05, 3.63) is 46.6 Å². The predicted molar refractivity (Wildman–Crippen MR) is 164 cm³/mol. The number of fused-ring (bicyclic) bond motifs is 1. The van der Waals surface area contributed by atoms with Gasteiger partial charge < -0.3 is 29.2 Å². The normalized spacial score (nSPS) is 25.3. The molecule has 4 atom stereocenters. The number of aliphatic hydroxyl groups is 1. The molecule has 0 spiro atoms. The van der Waals surface area contributed by atoms with E-state index in [2.05, 4.69) is 36.1 Å². The summed E-state index contributed by atoms with van der Waals surface area (Å²) in [4.78, 5) is 35.3. The summed E-state index contributed by atoms with van der Waals surface area (Å²) < 4.78 is 16.4. The third kappa shape index (κ3) is 8.13. The first-order valence-electron chi connectivity index (χ1n) is 15.7. The van der Waals surface area contributed by atoms with Gasteiger partial charge in [-0.1, -0.05) is 17.7 Å². The molecule has 246 valence electrons. The Hall–Kier alpha value is -2.82. The minimum atomic E-state index is -0.728. The van der Waals surface area contributed by atoms with Gasteiger partial charge in [-0.3, -0.25) is 35.3 Å². The lowest BCUT2D eigenvalue weighted by Gasteiger charge is -2.46. The minimum Gasteiger partial charge on any atom is -0.484 e. The van der Waals surface area contributed by atoms with Crippen LogP contribution in [0.3, 0.4) is 0 Å².